The van der Waals surface area contributed by atoms with E-state index in [9.17, 15) is 18.0 Å². The lowest BCUT2D eigenvalue weighted by atomic mass is 9.99. The van der Waals surface area contributed by atoms with Gasteiger partial charge in [0.15, 0.2) is 6.10 Å². The van der Waals surface area contributed by atoms with Crippen LogP contribution in [0.25, 0.3) is 6.08 Å². The van der Waals surface area contributed by atoms with Crippen LogP contribution in [0, 0.1) is 0 Å². The first kappa shape index (κ1) is 22.1. The predicted molar refractivity (Wildman–Crippen MR) is 107 cm³/mol. The number of ether oxygens (including phenoxy) is 1. The van der Waals surface area contributed by atoms with Crippen LogP contribution in [0.4, 0.5) is 0 Å². The molecule has 1 aromatic carbocycles. The predicted octanol–water partition coefficient (Wildman–Crippen LogP) is 2.33. The smallest absolute Gasteiger partial charge is 0.331 e. The summed E-state index contributed by atoms with van der Waals surface area (Å²) in [6, 6.07) is 6.28. The van der Waals surface area contributed by atoms with Crippen LogP contribution in [-0.2, 0) is 24.3 Å². The molecule has 1 aliphatic rings. The summed E-state index contributed by atoms with van der Waals surface area (Å²) in [4.78, 5) is 26.6. The number of rotatable bonds is 7. The van der Waals surface area contributed by atoms with Gasteiger partial charge in [-0.3, -0.25) is 4.79 Å². The number of amides is 1. The van der Waals surface area contributed by atoms with Gasteiger partial charge in [0.1, 0.15) is 0 Å². The van der Waals surface area contributed by atoms with Crippen LogP contribution in [0.3, 0.4) is 0 Å². The zero-order valence-corrected chi connectivity index (χ0v) is 17.4. The third-order valence-electron chi connectivity index (χ3n) is 4.89. The Bertz CT molecular complexity index is 818. The van der Waals surface area contributed by atoms with Crippen molar-refractivity contribution in [1.82, 2.24) is 9.62 Å². The van der Waals surface area contributed by atoms with Gasteiger partial charge in [0.05, 0.1) is 4.90 Å². The number of nitrogens with zero attached hydrogens (tertiary/aromatic N) is 1. The highest BCUT2D eigenvalue weighted by Gasteiger charge is 2.30. The van der Waals surface area contributed by atoms with Gasteiger partial charge in [0, 0.05) is 18.7 Å². The Morgan fingerprint density at radius 2 is 1.96 bits per heavy atom. The van der Waals surface area contributed by atoms with E-state index in [1.54, 1.807) is 19.1 Å². The van der Waals surface area contributed by atoms with Crippen LogP contribution in [0.2, 0.25) is 0 Å². The van der Waals surface area contributed by atoms with E-state index < -0.39 is 22.1 Å². The molecular weight excluding hydrogens is 380 g/mol. The molecule has 0 aromatic heterocycles. The lowest BCUT2D eigenvalue weighted by Crippen LogP contribution is -2.48. The SMILES string of the molecule is CCC1CCCCN1C(=O)C(C)OC(=O)C=Cc1ccc(S(=O)(=O)NC)cc1. The van der Waals surface area contributed by atoms with Crippen LogP contribution in [0.5, 0.6) is 0 Å². The monoisotopic (exact) mass is 408 g/mol. The second-order valence-electron chi connectivity index (χ2n) is 6.78. The Kier molecular flexibility index (Phi) is 7.77. The lowest BCUT2D eigenvalue weighted by molar-refractivity contribution is -0.157. The number of hydrogen-bond donors (Lipinski definition) is 1. The molecule has 2 unspecified atom stereocenters. The quantitative estimate of drug-likeness (QED) is 0.552. The van der Waals surface area contributed by atoms with Gasteiger partial charge in [-0.05, 0) is 63.4 Å². The normalized spacial score (nSPS) is 18.8. The molecule has 0 spiro atoms. The molecule has 1 aromatic rings. The number of carbonyl (C=O) groups is 2. The second kappa shape index (κ2) is 9.84. The second-order valence-corrected chi connectivity index (χ2v) is 8.67. The average molecular weight is 409 g/mol. The van der Waals surface area contributed by atoms with Crippen molar-refractivity contribution in [3.63, 3.8) is 0 Å². The summed E-state index contributed by atoms with van der Waals surface area (Å²) in [5.74, 6) is -0.771. The Morgan fingerprint density at radius 3 is 2.57 bits per heavy atom. The molecule has 1 aliphatic heterocycles. The molecule has 0 radical (unpaired) electrons. The fraction of sp³-hybridized carbons (Fsp3) is 0.500. The van der Waals surface area contributed by atoms with Gasteiger partial charge in [-0.2, -0.15) is 0 Å². The molecule has 1 saturated heterocycles. The minimum atomic E-state index is -3.50. The topological polar surface area (TPSA) is 92.8 Å². The average Bonchev–Trinajstić information content (AvgIpc) is 2.71. The summed E-state index contributed by atoms with van der Waals surface area (Å²) in [6.45, 7) is 4.35. The number of carbonyl (C=O) groups excluding carboxylic acids is 2. The van der Waals surface area contributed by atoms with Crippen molar-refractivity contribution in [2.75, 3.05) is 13.6 Å². The fourth-order valence-corrected chi connectivity index (χ4v) is 3.98. The van der Waals surface area contributed by atoms with Gasteiger partial charge in [0.2, 0.25) is 10.0 Å². The van der Waals surface area contributed by atoms with Crippen molar-refractivity contribution in [2.45, 2.75) is 56.6 Å². The number of piperidine rings is 1. The van der Waals surface area contributed by atoms with E-state index >= 15 is 0 Å². The Hall–Kier alpha value is -2.19. The highest BCUT2D eigenvalue weighted by molar-refractivity contribution is 7.89. The summed E-state index contributed by atoms with van der Waals surface area (Å²) in [7, 11) is -2.16. The van der Waals surface area contributed by atoms with E-state index in [4.69, 9.17) is 4.74 Å². The van der Waals surface area contributed by atoms with E-state index in [1.807, 2.05) is 4.90 Å². The molecule has 0 saturated carbocycles. The first-order valence-corrected chi connectivity index (χ1v) is 11.0. The number of likely N-dealkylation sites (tertiary alicyclic amines) is 1. The highest BCUT2D eigenvalue weighted by Crippen LogP contribution is 2.21. The van der Waals surface area contributed by atoms with Gasteiger partial charge in [-0.1, -0.05) is 19.1 Å². The lowest BCUT2D eigenvalue weighted by Gasteiger charge is -2.36. The summed E-state index contributed by atoms with van der Waals surface area (Å²) < 4.78 is 30.9. The first-order chi connectivity index (χ1) is 13.3. The number of sulfonamides is 1. The Morgan fingerprint density at radius 1 is 1.29 bits per heavy atom. The molecule has 1 heterocycles. The number of nitrogens with one attached hydrogen (secondary N) is 1. The van der Waals surface area contributed by atoms with E-state index in [0.29, 0.717) is 12.1 Å². The molecule has 7 nitrogen and oxygen atoms in total. The minimum absolute atomic E-state index is 0.140. The molecule has 1 fully saturated rings. The molecule has 0 aliphatic carbocycles. The zero-order chi connectivity index (χ0) is 20.7. The molecule has 2 atom stereocenters. The number of esters is 1. The van der Waals surface area contributed by atoms with Crippen molar-refractivity contribution < 1.29 is 22.7 Å². The maximum absolute atomic E-state index is 12.6. The summed E-state index contributed by atoms with van der Waals surface area (Å²) >= 11 is 0. The largest absolute Gasteiger partial charge is 0.449 e. The van der Waals surface area contributed by atoms with E-state index in [-0.39, 0.29) is 16.8 Å². The van der Waals surface area contributed by atoms with Crippen molar-refractivity contribution in [1.29, 1.82) is 0 Å². The molecule has 8 heteroatoms. The number of benzene rings is 1. The van der Waals surface area contributed by atoms with Crippen LogP contribution in [-0.4, -0.2) is 50.9 Å². The van der Waals surface area contributed by atoms with Gasteiger partial charge in [-0.25, -0.2) is 17.9 Å². The molecule has 1 N–H and O–H groups in total. The third-order valence-corrected chi connectivity index (χ3v) is 6.32. The Labute approximate surface area is 166 Å². The summed E-state index contributed by atoms with van der Waals surface area (Å²) in [5, 5.41) is 0. The van der Waals surface area contributed by atoms with Crippen LogP contribution >= 0.6 is 0 Å². The molecule has 28 heavy (non-hydrogen) atoms. The summed E-state index contributed by atoms with van der Waals surface area (Å²) in [5.41, 5.74) is 0.646. The third kappa shape index (κ3) is 5.65. The van der Waals surface area contributed by atoms with Crippen LogP contribution < -0.4 is 4.72 Å². The molecular formula is C20H28N2O5S. The molecule has 0 bridgehead atoms. The first-order valence-electron chi connectivity index (χ1n) is 9.51. The van der Waals surface area contributed by atoms with Gasteiger partial charge in [-0.15, -0.1) is 0 Å². The van der Waals surface area contributed by atoms with E-state index in [2.05, 4.69) is 11.6 Å². The van der Waals surface area contributed by atoms with Crippen molar-refractivity contribution in [3.05, 3.63) is 35.9 Å². The van der Waals surface area contributed by atoms with Gasteiger partial charge < -0.3 is 9.64 Å². The molecule has 1 amide bonds. The van der Waals surface area contributed by atoms with Crippen LogP contribution in [0.1, 0.15) is 45.1 Å². The number of hydrogen-bond acceptors (Lipinski definition) is 5. The maximum Gasteiger partial charge on any atom is 0.331 e. The zero-order valence-electron chi connectivity index (χ0n) is 16.6. The van der Waals surface area contributed by atoms with Gasteiger partial charge in [0.25, 0.3) is 5.91 Å². The maximum atomic E-state index is 12.6. The van der Waals surface area contributed by atoms with Crippen LogP contribution in [0.15, 0.2) is 35.2 Å². The summed E-state index contributed by atoms with van der Waals surface area (Å²) in [6.07, 6.45) is 5.89. The standard InChI is InChI=1S/C20H28N2O5S/c1-4-17-7-5-6-14-22(17)20(24)15(2)27-19(23)13-10-16-8-11-18(12-9-16)28(25,26)21-3/h8-13,15,17,21H,4-7,14H2,1-3H3. The van der Waals surface area contributed by atoms with E-state index in [0.717, 1.165) is 25.7 Å². The Balaban J connectivity index is 1.94. The van der Waals surface area contributed by atoms with Crippen molar-refractivity contribution in [3.8, 4) is 0 Å². The van der Waals surface area contributed by atoms with Gasteiger partial charge >= 0.3 is 5.97 Å². The fourth-order valence-electron chi connectivity index (χ4n) is 3.25. The molecule has 154 valence electrons. The molecule has 2 rings (SSSR count). The van der Waals surface area contributed by atoms with Crippen molar-refractivity contribution in [2.24, 2.45) is 0 Å². The minimum Gasteiger partial charge on any atom is -0.449 e. The van der Waals surface area contributed by atoms with E-state index in [1.165, 1.54) is 31.3 Å². The highest BCUT2D eigenvalue weighted by atomic mass is 32.2. The van der Waals surface area contributed by atoms with Crippen molar-refractivity contribution >= 4 is 28.0 Å².